The maximum absolute atomic E-state index is 11.4. The number of carbonyl (C=O) groups excluding carboxylic acids is 2. The molecule has 1 aliphatic heterocycles. The Hall–Kier alpha value is -1.10. The van der Waals surface area contributed by atoms with Crippen LogP contribution in [0.4, 0.5) is 0 Å². The number of methoxy groups -OCH3 is 1. The standard InChI is InChI=1S/C11H20N2O3/c1-16-11(15)8-13-10(14)3-2-9-4-6-12-7-5-9/h9,12H,2-8H2,1H3,(H,13,14). The van der Waals surface area contributed by atoms with E-state index in [0.29, 0.717) is 12.3 Å². The minimum atomic E-state index is -0.407. The van der Waals surface area contributed by atoms with Crippen molar-refractivity contribution in [1.82, 2.24) is 10.6 Å². The van der Waals surface area contributed by atoms with Gasteiger partial charge in [0.15, 0.2) is 0 Å². The quantitative estimate of drug-likeness (QED) is 0.653. The van der Waals surface area contributed by atoms with Gasteiger partial charge >= 0.3 is 5.97 Å². The van der Waals surface area contributed by atoms with Crippen molar-refractivity contribution in [1.29, 1.82) is 0 Å². The zero-order chi connectivity index (χ0) is 11.8. The Kier molecular flexibility index (Phi) is 5.85. The third-order valence-electron chi connectivity index (χ3n) is 2.90. The molecule has 1 fully saturated rings. The molecule has 5 nitrogen and oxygen atoms in total. The number of hydrogen-bond acceptors (Lipinski definition) is 4. The SMILES string of the molecule is COC(=O)CNC(=O)CCC1CCNCC1. The summed E-state index contributed by atoms with van der Waals surface area (Å²) in [6.45, 7) is 2.07. The van der Waals surface area contributed by atoms with Gasteiger partial charge in [-0.05, 0) is 38.3 Å². The van der Waals surface area contributed by atoms with Gasteiger partial charge in [-0.15, -0.1) is 0 Å². The highest BCUT2D eigenvalue weighted by Gasteiger charge is 2.14. The van der Waals surface area contributed by atoms with E-state index < -0.39 is 5.97 Å². The van der Waals surface area contributed by atoms with Crippen LogP contribution in [0.25, 0.3) is 0 Å². The molecule has 0 radical (unpaired) electrons. The van der Waals surface area contributed by atoms with Crippen LogP contribution in [-0.2, 0) is 14.3 Å². The smallest absolute Gasteiger partial charge is 0.325 e. The molecule has 0 aliphatic carbocycles. The van der Waals surface area contributed by atoms with Gasteiger partial charge in [0, 0.05) is 6.42 Å². The summed E-state index contributed by atoms with van der Waals surface area (Å²) < 4.78 is 4.43. The summed E-state index contributed by atoms with van der Waals surface area (Å²) in [5.74, 6) is 0.171. The van der Waals surface area contributed by atoms with E-state index in [1.165, 1.54) is 7.11 Å². The van der Waals surface area contributed by atoms with Crippen molar-refractivity contribution in [2.45, 2.75) is 25.7 Å². The molecule has 0 atom stereocenters. The first kappa shape index (κ1) is 13.0. The van der Waals surface area contributed by atoms with E-state index in [2.05, 4.69) is 15.4 Å². The number of ether oxygens (including phenoxy) is 1. The predicted molar refractivity (Wildman–Crippen MR) is 59.9 cm³/mol. The molecular formula is C11H20N2O3. The fourth-order valence-electron chi connectivity index (χ4n) is 1.84. The van der Waals surface area contributed by atoms with Crippen molar-refractivity contribution < 1.29 is 14.3 Å². The maximum Gasteiger partial charge on any atom is 0.325 e. The van der Waals surface area contributed by atoms with Crippen LogP contribution in [0, 0.1) is 5.92 Å². The fourth-order valence-corrected chi connectivity index (χ4v) is 1.84. The number of esters is 1. The molecule has 16 heavy (non-hydrogen) atoms. The lowest BCUT2D eigenvalue weighted by molar-refractivity contribution is -0.141. The molecule has 0 unspecified atom stereocenters. The summed E-state index contributed by atoms with van der Waals surface area (Å²) in [6.07, 6.45) is 3.70. The molecule has 1 saturated heterocycles. The average molecular weight is 228 g/mol. The molecular weight excluding hydrogens is 208 g/mol. The first-order valence-electron chi connectivity index (χ1n) is 5.76. The van der Waals surface area contributed by atoms with E-state index in [0.717, 1.165) is 32.4 Å². The lowest BCUT2D eigenvalue weighted by Crippen LogP contribution is -2.31. The van der Waals surface area contributed by atoms with Crippen LogP contribution in [0.3, 0.4) is 0 Å². The average Bonchev–Trinajstić information content (AvgIpc) is 2.34. The van der Waals surface area contributed by atoms with Crippen LogP contribution in [-0.4, -0.2) is 38.6 Å². The molecule has 1 heterocycles. The van der Waals surface area contributed by atoms with E-state index in [4.69, 9.17) is 0 Å². The molecule has 0 aromatic rings. The normalized spacial score (nSPS) is 16.8. The van der Waals surface area contributed by atoms with Crippen LogP contribution < -0.4 is 10.6 Å². The Morgan fingerprint density at radius 3 is 2.69 bits per heavy atom. The topological polar surface area (TPSA) is 67.4 Å². The van der Waals surface area contributed by atoms with Gasteiger partial charge in [0.05, 0.1) is 7.11 Å². The number of hydrogen-bond donors (Lipinski definition) is 2. The monoisotopic (exact) mass is 228 g/mol. The Balaban J connectivity index is 2.07. The highest BCUT2D eigenvalue weighted by Crippen LogP contribution is 2.17. The summed E-state index contributed by atoms with van der Waals surface area (Å²) in [5, 5.41) is 5.83. The van der Waals surface area contributed by atoms with Gasteiger partial charge in [0.25, 0.3) is 0 Å². The molecule has 0 aromatic carbocycles. The molecule has 92 valence electrons. The Labute approximate surface area is 95.9 Å². The van der Waals surface area contributed by atoms with Gasteiger partial charge in [-0.2, -0.15) is 0 Å². The van der Waals surface area contributed by atoms with Crippen LogP contribution in [0.1, 0.15) is 25.7 Å². The molecule has 0 bridgehead atoms. The third kappa shape index (κ3) is 5.11. The molecule has 0 spiro atoms. The largest absolute Gasteiger partial charge is 0.468 e. The third-order valence-corrected chi connectivity index (χ3v) is 2.90. The van der Waals surface area contributed by atoms with Gasteiger partial charge in [0.1, 0.15) is 6.54 Å². The summed E-state index contributed by atoms with van der Waals surface area (Å²) in [6, 6.07) is 0. The van der Waals surface area contributed by atoms with Crippen molar-refractivity contribution in [2.75, 3.05) is 26.7 Å². The number of amides is 1. The fraction of sp³-hybridized carbons (Fsp3) is 0.818. The zero-order valence-corrected chi connectivity index (χ0v) is 9.75. The van der Waals surface area contributed by atoms with Crippen LogP contribution >= 0.6 is 0 Å². The number of carbonyl (C=O) groups is 2. The molecule has 1 rings (SSSR count). The zero-order valence-electron chi connectivity index (χ0n) is 9.75. The molecule has 0 saturated carbocycles. The van der Waals surface area contributed by atoms with E-state index in [-0.39, 0.29) is 12.5 Å². The van der Waals surface area contributed by atoms with Gasteiger partial charge in [-0.25, -0.2) is 0 Å². The second kappa shape index (κ2) is 7.22. The lowest BCUT2D eigenvalue weighted by Gasteiger charge is -2.22. The molecule has 2 N–H and O–H groups in total. The van der Waals surface area contributed by atoms with Crippen molar-refractivity contribution in [3.05, 3.63) is 0 Å². The number of piperidine rings is 1. The predicted octanol–water partition coefficient (Wildman–Crippen LogP) is 0.0554. The summed E-state index contributed by atoms with van der Waals surface area (Å²) >= 11 is 0. The maximum atomic E-state index is 11.4. The van der Waals surface area contributed by atoms with Crippen molar-refractivity contribution in [3.63, 3.8) is 0 Å². The first-order chi connectivity index (χ1) is 7.72. The summed E-state index contributed by atoms with van der Waals surface area (Å²) in [7, 11) is 1.31. The van der Waals surface area contributed by atoms with Gasteiger partial charge < -0.3 is 15.4 Å². The van der Waals surface area contributed by atoms with Crippen molar-refractivity contribution in [3.8, 4) is 0 Å². The molecule has 0 aromatic heterocycles. The number of rotatable bonds is 5. The van der Waals surface area contributed by atoms with E-state index in [1.807, 2.05) is 0 Å². The number of nitrogens with one attached hydrogen (secondary N) is 2. The van der Waals surface area contributed by atoms with Gasteiger partial charge in [-0.3, -0.25) is 9.59 Å². The van der Waals surface area contributed by atoms with E-state index in [9.17, 15) is 9.59 Å². The molecule has 1 amide bonds. The highest BCUT2D eigenvalue weighted by molar-refractivity contribution is 5.81. The second-order valence-electron chi connectivity index (χ2n) is 4.08. The van der Waals surface area contributed by atoms with Crippen LogP contribution in [0.2, 0.25) is 0 Å². The lowest BCUT2D eigenvalue weighted by atomic mass is 9.93. The first-order valence-corrected chi connectivity index (χ1v) is 5.76. The Morgan fingerprint density at radius 1 is 1.38 bits per heavy atom. The second-order valence-corrected chi connectivity index (χ2v) is 4.08. The molecule has 1 aliphatic rings. The highest BCUT2D eigenvalue weighted by atomic mass is 16.5. The Morgan fingerprint density at radius 2 is 2.06 bits per heavy atom. The minimum absolute atomic E-state index is 0.0262. The van der Waals surface area contributed by atoms with E-state index in [1.54, 1.807) is 0 Å². The summed E-state index contributed by atoms with van der Waals surface area (Å²) in [5.41, 5.74) is 0. The van der Waals surface area contributed by atoms with E-state index >= 15 is 0 Å². The van der Waals surface area contributed by atoms with Crippen LogP contribution in [0.15, 0.2) is 0 Å². The van der Waals surface area contributed by atoms with Crippen LogP contribution in [0.5, 0.6) is 0 Å². The van der Waals surface area contributed by atoms with Crippen molar-refractivity contribution in [2.24, 2.45) is 5.92 Å². The molecule has 5 heteroatoms. The van der Waals surface area contributed by atoms with Gasteiger partial charge in [0.2, 0.25) is 5.91 Å². The minimum Gasteiger partial charge on any atom is -0.468 e. The Bertz CT molecular complexity index is 237. The van der Waals surface area contributed by atoms with Crippen molar-refractivity contribution >= 4 is 11.9 Å². The summed E-state index contributed by atoms with van der Waals surface area (Å²) in [4.78, 5) is 22.1. The van der Waals surface area contributed by atoms with Gasteiger partial charge in [-0.1, -0.05) is 0 Å².